The van der Waals surface area contributed by atoms with E-state index in [1.165, 1.54) is 12.1 Å². The van der Waals surface area contributed by atoms with Crippen LogP contribution in [-0.4, -0.2) is 5.97 Å². The van der Waals surface area contributed by atoms with Crippen LogP contribution in [0.15, 0.2) is 48.5 Å². The summed E-state index contributed by atoms with van der Waals surface area (Å²) in [5.41, 5.74) is 2.07. The van der Waals surface area contributed by atoms with E-state index in [1.807, 2.05) is 37.3 Å². The van der Waals surface area contributed by atoms with Crippen molar-refractivity contribution in [3.8, 4) is 5.75 Å². The average Bonchev–Trinajstić information content (AvgIpc) is 2.38. The van der Waals surface area contributed by atoms with Crippen LogP contribution < -0.4 is 9.84 Å². The zero-order valence-corrected chi connectivity index (χ0v) is 10.1. The first kappa shape index (κ1) is 12.2. The summed E-state index contributed by atoms with van der Waals surface area (Å²) in [6.07, 6.45) is 0. The monoisotopic (exact) mass is 241 g/mol. The van der Waals surface area contributed by atoms with Gasteiger partial charge in [-0.25, -0.2) is 0 Å². The summed E-state index contributed by atoms with van der Waals surface area (Å²) in [7, 11) is 0. The number of aryl methyl sites for hydroxylation is 1. The molecule has 0 heterocycles. The molecular weight excluding hydrogens is 228 g/mol. The molecule has 3 nitrogen and oxygen atoms in total. The number of aromatic carboxylic acids is 1. The Morgan fingerprint density at radius 3 is 2.56 bits per heavy atom. The van der Waals surface area contributed by atoms with Crippen LogP contribution in [0.2, 0.25) is 0 Å². The van der Waals surface area contributed by atoms with E-state index in [9.17, 15) is 9.90 Å². The van der Waals surface area contributed by atoms with Gasteiger partial charge in [0.15, 0.2) is 0 Å². The predicted molar refractivity (Wildman–Crippen MR) is 66.3 cm³/mol. The summed E-state index contributed by atoms with van der Waals surface area (Å²) in [6, 6.07) is 14.4. The third kappa shape index (κ3) is 2.88. The first-order chi connectivity index (χ1) is 8.66. The second-order valence-corrected chi connectivity index (χ2v) is 4.04. The van der Waals surface area contributed by atoms with Crippen molar-refractivity contribution in [1.29, 1.82) is 0 Å². The van der Waals surface area contributed by atoms with Crippen molar-refractivity contribution in [2.75, 3.05) is 0 Å². The van der Waals surface area contributed by atoms with Crippen molar-refractivity contribution in [2.24, 2.45) is 0 Å². The van der Waals surface area contributed by atoms with Gasteiger partial charge in [-0.05, 0) is 24.1 Å². The van der Waals surface area contributed by atoms with Gasteiger partial charge in [-0.15, -0.1) is 0 Å². The molecule has 0 unspecified atom stereocenters. The molecule has 0 saturated carbocycles. The molecule has 2 rings (SSSR count). The summed E-state index contributed by atoms with van der Waals surface area (Å²) in [5.74, 6) is -0.625. The van der Waals surface area contributed by atoms with Gasteiger partial charge in [-0.3, -0.25) is 0 Å². The molecule has 18 heavy (non-hydrogen) atoms. The highest BCUT2D eigenvalue weighted by Gasteiger charge is 2.03. The van der Waals surface area contributed by atoms with Crippen molar-refractivity contribution in [3.63, 3.8) is 0 Å². The third-order valence-corrected chi connectivity index (χ3v) is 2.66. The van der Waals surface area contributed by atoms with E-state index in [0.29, 0.717) is 12.4 Å². The zero-order chi connectivity index (χ0) is 13.0. The van der Waals surface area contributed by atoms with Crippen LogP contribution in [0.4, 0.5) is 0 Å². The van der Waals surface area contributed by atoms with Crippen molar-refractivity contribution >= 4 is 5.97 Å². The highest BCUT2D eigenvalue weighted by atomic mass is 16.5. The van der Waals surface area contributed by atoms with Crippen molar-refractivity contribution in [2.45, 2.75) is 13.5 Å². The highest BCUT2D eigenvalue weighted by molar-refractivity contribution is 5.86. The van der Waals surface area contributed by atoms with Gasteiger partial charge in [0.1, 0.15) is 12.4 Å². The molecule has 0 aliphatic carbocycles. The van der Waals surface area contributed by atoms with Crippen LogP contribution in [-0.2, 0) is 6.61 Å². The molecule has 0 spiro atoms. The fraction of sp³-hybridized carbons (Fsp3) is 0.133. The Labute approximate surface area is 106 Å². The number of hydrogen-bond acceptors (Lipinski definition) is 3. The first-order valence-electron chi connectivity index (χ1n) is 5.65. The van der Waals surface area contributed by atoms with Gasteiger partial charge in [0.05, 0.1) is 5.97 Å². The molecule has 0 amide bonds. The van der Waals surface area contributed by atoms with Gasteiger partial charge in [0.25, 0.3) is 0 Å². The fourth-order valence-corrected chi connectivity index (χ4v) is 1.62. The van der Waals surface area contributed by atoms with E-state index >= 15 is 0 Å². The first-order valence-corrected chi connectivity index (χ1v) is 5.65. The molecule has 0 aliphatic heterocycles. The standard InChI is InChI=1S/C15H14O3/c1-11-7-8-13(15(16)17)9-14(11)18-10-12-5-3-2-4-6-12/h2-9H,10H2,1H3,(H,16,17)/p-1. The smallest absolute Gasteiger partial charge is 0.123 e. The third-order valence-electron chi connectivity index (χ3n) is 2.66. The fourth-order valence-electron chi connectivity index (χ4n) is 1.62. The van der Waals surface area contributed by atoms with Crippen LogP contribution in [0.25, 0.3) is 0 Å². The lowest BCUT2D eigenvalue weighted by atomic mass is 10.1. The maximum atomic E-state index is 10.8. The minimum atomic E-state index is -1.19. The number of rotatable bonds is 4. The van der Waals surface area contributed by atoms with Crippen LogP contribution in [0.3, 0.4) is 0 Å². The Morgan fingerprint density at radius 2 is 1.89 bits per heavy atom. The lowest BCUT2D eigenvalue weighted by Gasteiger charge is -2.11. The Balaban J connectivity index is 2.14. The number of carboxylic acids is 1. The summed E-state index contributed by atoms with van der Waals surface area (Å²) in [6.45, 7) is 2.29. The number of carbonyl (C=O) groups excluding carboxylic acids is 1. The normalized spacial score (nSPS) is 10.1. The van der Waals surface area contributed by atoms with Crippen molar-refractivity contribution in [1.82, 2.24) is 0 Å². The van der Waals surface area contributed by atoms with E-state index < -0.39 is 5.97 Å². The highest BCUT2D eigenvalue weighted by Crippen LogP contribution is 2.20. The second kappa shape index (κ2) is 5.36. The van der Waals surface area contributed by atoms with E-state index in [1.54, 1.807) is 6.07 Å². The number of carbonyl (C=O) groups is 1. The van der Waals surface area contributed by atoms with Crippen molar-refractivity contribution < 1.29 is 14.6 Å². The van der Waals surface area contributed by atoms with E-state index in [-0.39, 0.29) is 5.56 Å². The number of hydrogen-bond donors (Lipinski definition) is 0. The minimum Gasteiger partial charge on any atom is -0.545 e. The number of carboxylic acid groups (broad SMARTS) is 1. The molecular formula is C15H13O3-. The average molecular weight is 241 g/mol. The zero-order valence-electron chi connectivity index (χ0n) is 10.1. The van der Waals surface area contributed by atoms with E-state index in [4.69, 9.17) is 4.74 Å². The molecule has 0 saturated heterocycles. The quantitative estimate of drug-likeness (QED) is 0.821. The molecule has 0 aromatic heterocycles. The summed E-state index contributed by atoms with van der Waals surface area (Å²) in [5, 5.41) is 10.8. The molecule has 92 valence electrons. The lowest BCUT2D eigenvalue weighted by Crippen LogP contribution is -2.22. The topological polar surface area (TPSA) is 49.4 Å². The van der Waals surface area contributed by atoms with Gasteiger partial charge in [0, 0.05) is 5.56 Å². The summed E-state index contributed by atoms with van der Waals surface area (Å²) < 4.78 is 5.62. The van der Waals surface area contributed by atoms with Crippen LogP contribution in [0.5, 0.6) is 5.75 Å². The molecule has 2 aromatic carbocycles. The van der Waals surface area contributed by atoms with Gasteiger partial charge in [0.2, 0.25) is 0 Å². The van der Waals surface area contributed by atoms with Crippen molar-refractivity contribution in [3.05, 3.63) is 65.2 Å². The molecule has 2 aromatic rings. The van der Waals surface area contributed by atoms with Crippen LogP contribution >= 0.6 is 0 Å². The molecule has 3 heteroatoms. The molecule has 0 aliphatic rings. The van der Waals surface area contributed by atoms with Gasteiger partial charge < -0.3 is 14.6 Å². The number of ether oxygens (including phenoxy) is 1. The van der Waals surface area contributed by atoms with E-state index in [0.717, 1.165) is 11.1 Å². The van der Waals surface area contributed by atoms with Crippen LogP contribution in [0.1, 0.15) is 21.5 Å². The SMILES string of the molecule is Cc1ccc(C(=O)[O-])cc1OCc1ccccc1. The molecule has 0 bridgehead atoms. The van der Waals surface area contributed by atoms with Gasteiger partial charge in [-0.1, -0.05) is 42.5 Å². The van der Waals surface area contributed by atoms with Gasteiger partial charge in [-0.2, -0.15) is 0 Å². The second-order valence-electron chi connectivity index (χ2n) is 4.04. The predicted octanol–water partition coefficient (Wildman–Crippen LogP) is 1.94. The minimum absolute atomic E-state index is 0.128. The molecule has 0 fully saturated rings. The Hall–Kier alpha value is -2.29. The molecule has 0 N–H and O–H groups in total. The largest absolute Gasteiger partial charge is 0.545 e. The summed E-state index contributed by atoms with van der Waals surface area (Å²) in [4.78, 5) is 10.8. The Morgan fingerprint density at radius 1 is 1.17 bits per heavy atom. The Bertz CT molecular complexity index is 547. The van der Waals surface area contributed by atoms with Gasteiger partial charge >= 0.3 is 0 Å². The molecule has 0 atom stereocenters. The Kier molecular flexibility index (Phi) is 3.63. The maximum absolute atomic E-state index is 10.8. The van der Waals surface area contributed by atoms with E-state index in [2.05, 4.69) is 0 Å². The number of benzene rings is 2. The molecule has 0 radical (unpaired) electrons. The summed E-state index contributed by atoms with van der Waals surface area (Å²) >= 11 is 0. The van der Waals surface area contributed by atoms with Crippen LogP contribution in [0, 0.1) is 6.92 Å². The maximum Gasteiger partial charge on any atom is 0.123 e. The lowest BCUT2D eigenvalue weighted by molar-refractivity contribution is -0.255.